The zero-order valence-corrected chi connectivity index (χ0v) is 16.9. The Morgan fingerprint density at radius 1 is 1.10 bits per heavy atom. The first-order valence-electron chi connectivity index (χ1n) is 9.37. The number of aromatic nitrogens is 3. The Balaban J connectivity index is 1.37. The molecule has 1 saturated carbocycles. The van der Waals surface area contributed by atoms with Gasteiger partial charge in [-0.25, -0.2) is 0 Å². The van der Waals surface area contributed by atoms with Gasteiger partial charge in [0.1, 0.15) is 5.82 Å². The topological polar surface area (TPSA) is 59.8 Å². The van der Waals surface area contributed by atoms with E-state index in [1.54, 1.807) is 0 Å². The van der Waals surface area contributed by atoms with E-state index in [0.717, 1.165) is 30.1 Å². The van der Waals surface area contributed by atoms with Crippen LogP contribution in [0, 0.1) is 0 Å². The van der Waals surface area contributed by atoms with Crippen molar-refractivity contribution in [2.45, 2.75) is 29.6 Å². The van der Waals surface area contributed by atoms with E-state index in [1.807, 2.05) is 29.8 Å². The van der Waals surface area contributed by atoms with Crippen molar-refractivity contribution in [2.75, 3.05) is 11.1 Å². The third-order valence-electron chi connectivity index (χ3n) is 5.06. The number of nitrogens with zero attached hydrogens (tertiary/aromatic N) is 3. The van der Waals surface area contributed by atoms with Gasteiger partial charge in [0, 0.05) is 13.0 Å². The zero-order chi connectivity index (χ0) is 21.3. The van der Waals surface area contributed by atoms with Crippen LogP contribution in [0.15, 0.2) is 59.8 Å². The van der Waals surface area contributed by atoms with E-state index < -0.39 is 17.6 Å². The quantitative estimate of drug-likeness (QED) is 0.567. The number of alkyl halides is 3. The summed E-state index contributed by atoms with van der Waals surface area (Å²) in [5.74, 6) is 0.954. The van der Waals surface area contributed by atoms with E-state index in [9.17, 15) is 18.0 Å². The number of hydrogen-bond acceptors (Lipinski definition) is 4. The van der Waals surface area contributed by atoms with Crippen LogP contribution >= 0.6 is 11.8 Å². The minimum absolute atomic E-state index is 0.0645. The number of carbonyl (C=O) groups is 1. The van der Waals surface area contributed by atoms with Crippen LogP contribution in [0.25, 0.3) is 0 Å². The maximum absolute atomic E-state index is 13.1. The van der Waals surface area contributed by atoms with Crippen LogP contribution in [0.3, 0.4) is 0 Å². The molecule has 2 unspecified atom stereocenters. The molecule has 3 aromatic rings. The molecule has 30 heavy (non-hydrogen) atoms. The Kier molecular flexibility index (Phi) is 5.55. The van der Waals surface area contributed by atoms with Gasteiger partial charge in [0.05, 0.1) is 17.0 Å². The number of amides is 1. The van der Waals surface area contributed by atoms with E-state index in [2.05, 4.69) is 27.6 Å². The Morgan fingerprint density at radius 2 is 1.80 bits per heavy atom. The highest BCUT2D eigenvalue weighted by atomic mass is 32.2. The predicted molar refractivity (Wildman–Crippen MR) is 108 cm³/mol. The van der Waals surface area contributed by atoms with Crippen molar-refractivity contribution in [3.05, 3.63) is 71.5 Å². The molecule has 1 aliphatic carbocycles. The molecular formula is C21H19F3N4OS. The molecule has 1 N–H and O–H groups in total. The minimum atomic E-state index is -4.53. The molecule has 1 fully saturated rings. The summed E-state index contributed by atoms with van der Waals surface area (Å²) in [4.78, 5) is 12.2. The molecule has 4 rings (SSSR count). The molecule has 1 aromatic heterocycles. The highest BCUT2D eigenvalue weighted by Gasteiger charge is 2.43. The summed E-state index contributed by atoms with van der Waals surface area (Å²) in [6.07, 6.45) is -3.54. The average molecular weight is 432 g/mol. The molecule has 0 spiro atoms. The second kappa shape index (κ2) is 8.14. The van der Waals surface area contributed by atoms with Gasteiger partial charge in [-0.1, -0.05) is 54.2 Å². The van der Waals surface area contributed by atoms with Gasteiger partial charge >= 0.3 is 6.18 Å². The molecular weight excluding hydrogens is 413 g/mol. The fourth-order valence-electron chi connectivity index (χ4n) is 3.48. The Morgan fingerprint density at radius 3 is 2.53 bits per heavy atom. The number of carbonyl (C=O) groups excluding carboxylic acids is 1. The molecule has 156 valence electrons. The average Bonchev–Trinajstić information content (AvgIpc) is 3.43. The van der Waals surface area contributed by atoms with Gasteiger partial charge in [-0.3, -0.25) is 4.79 Å². The van der Waals surface area contributed by atoms with Gasteiger partial charge in [-0.2, -0.15) is 13.2 Å². The summed E-state index contributed by atoms with van der Waals surface area (Å²) in [6.45, 7) is 0. The summed E-state index contributed by atoms with van der Waals surface area (Å²) >= 11 is 1.15. The predicted octanol–water partition coefficient (Wildman–Crippen LogP) is 4.84. The molecule has 0 bridgehead atoms. The van der Waals surface area contributed by atoms with E-state index in [1.165, 1.54) is 23.8 Å². The summed E-state index contributed by atoms with van der Waals surface area (Å²) in [7, 11) is 1.84. The van der Waals surface area contributed by atoms with Crippen LogP contribution < -0.4 is 5.32 Å². The monoisotopic (exact) mass is 432 g/mol. The number of halogens is 3. The Bertz CT molecular complexity index is 1050. The lowest BCUT2D eigenvalue weighted by Crippen LogP contribution is -2.18. The van der Waals surface area contributed by atoms with Gasteiger partial charge in [-0.05, 0) is 30.0 Å². The zero-order valence-electron chi connectivity index (χ0n) is 16.1. The lowest BCUT2D eigenvalue weighted by Gasteiger charge is -2.13. The molecule has 1 amide bonds. The first kappa shape index (κ1) is 20.5. The Labute approximate surface area is 175 Å². The summed E-state index contributed by atoms with van der Waals surface area (Å²) in [5, 5.41) is 11.3. The summed E-state index contributed by atoms with van der Waals surface area (Å²) in [6, 6.07) is 15.1. The number of para-hydroxylation sites is 1. The fourth-order valence-corrected chi connectivity index (χ4v) is 4.20. The van der Waals surface area contributed by atoms with Crippen molar-refractivity contribution >= 4 is 23.4 Å². The number of rotatable bonds is 6. The molecule has 1 aliphatic rings. The van der Waals surface area contributed by atoms with Gasteiger partial charge in [0.2, 0.25) is 5.91 Å². The maximum Gasteiger partial charge on any atom is 0.418 e. The second-order valence-electron chi connectivity index (χ2n) is 7.14. The molecule has 1 heterocycles. The largest absolute Gasteiger partial charge is 0.418 e. The molecule has 0 radical (unpaired) electrons. The highest BCUT2D eigenvalue weighted by Crippen LogP contribution is 2.54. The van der Waals surface area contributed by atoms with E-state index in [0.29, 0.717) is 11.1 Å². The van der Waals surface area contributed by atoms with Crippen molar-refractivity contribution in [2.24, 2.45) is 7.05 Å². The summed E-state index contributed by atoms with van der Waals surface area (Å²) < 4.78 is 41.0. The number of thioether (sulfide) groups is 1. The van der Waals surface area contributed by atoms with Crippen molar-refractivity contribution < 1.29 is 18.0 Å². The van der Waals surface area contributed by atoms with E-state index in [4.69, 9.17) is 0 Å². The van der Waals surface area contributed by atoms with Gasteiger partial charge in [0.25, 0.3) is 0 Å². The van der Waals surface area contributed by atoms with Crippen LogP contribution in [0.5, 0.6) is 0 Å². The smallest absolute Gasteiger partial charge is 0.325 e. The van der Waals surface area contributed by atoms with Crippen LogP contribution in [0.2, 0.25) is 0 Å². The number of nitrogens with one attached hydrogen (secondary N) is 1. The molecule has 2 atom stereocenters. The number of hydrogen-bond donors (Lipinski definition) is 1. The molecule has 2 aromatic carbocycles. The van der Waals surface area contributed by atoms with E-state index >= 15 is 0 Å². The van der Waals surface area contributed by atoms with Gasteiger partial charge < -0.3 is 9.88 Å². The SMILES string of the molecule is Cn1c(SCC(=O)Nc2ccccc2C(F)(F)F)nnc1C1CC1c1ccccc1. The number of benzene rings is 2. The maximum atomic E-state index is 13.1. The van der Waals surface area contributed by atoms with Crippen LogP contribution in [-0.4, -0.2) is 26.4 Å². The first-order valence-corrected chi connectivity index (χ1v) is 10.4. The van der Waals surface area contributed by atoms with Gasteiger partial charge in [0.15, 0.2) is 5.16 Å². The van der Waals surface area contributed by atoms with Gasteiger partial charge in [-0.15, -0.1) is 10.2 Å². The van der Waals surface area contributed by atoms with Crippen molar-refractivity contribution in [1.82, 2.24) is 14.8 Å². The third-order valence-corrected chi connectivity index (χ3v) is 6.08. The molecule has 0 saturated heterocycles. The fraction of sp³-hybridized carbons (Fsp3) is 0.286. The lowest BCUT2D eigenvalue weighted by atomic mass is 10.1. The van der Waals surface area contributed by atoms with E-state index in [-0.39, 0.29) is 17.4 Å². The van der Waals surface area contributed by atoms with Crippen LogP contribution in [0.4, 0.5) is 18.9 Å². The molecule has 9 heteroatoms. The molecule has 5 nitrogen and oxygen atoms in total. The van der Waals surface area contributed by atoms with Crippen LogP contribution in [0.1, 0.15) is 35.2 Å². The lowest BCUT2D eigenvalue weighted by molar-refractivity contribution is -0.137. The first-order chi connectivity index (χ1) is 14.3. The van der Waals surface area contributed by atoms with Crippen molar-refractivity contribution in [1.29, 1.82) is 0 Å². The normalized spacial score (nSPS) is 18.3. The molecule has 0 aliphatic heterocycles. The standard InChI is InChI=1S/C21H19F3N4OS/c1-28-19(15-11-14(15)13-7-3-2-4-8-13)26-27-20(28)30-12-18(29)25-17-10-6-5-9-16(17)21(22,23)24/h2-10,14-15H,11-12H2,1H3,(H,25,29). The number of anilines is 1. The van der Waals surface area contributed by atoms with Crippen LogP contribution in [-0.2, 0) is 18.0 Å². The second-order valence-corrected chi connectivity index (χ2v) is 8.08. The third kappa shape index (κ3) is 4.35. The summed E-state index contributed by atoms with van der Waals surface area (Å²) in [5.41, 5.74) is 0.144. The minimum Gasteiger partial charge on any atom is -0.325 e. The van der Waals surface area contributed by atoms with Crippen molar-refractivity contribution in [3.8, 4) is 0 Å². The highest BCUT2D eigenvalue weighted by molar-refractivity contribution is 7.99. The Hall–Kier alpha value is -2.81. The van der Waals surface area contributed by atoms with Crippen molar-refractivity contribution in [3.63, 3.8) is 0 Å².